The first-order valence-corrected chi connectivity index (χ1v) is 5.87. The molecule has 2 nitrogen and oxygen atoms in total. The highest BCUT2D eigenvalue weighted by atomic mass is 15.4. The number of hydrogen-bond acceptors (Lipinski definition) is 2. The van der Waals surface area contributed by atoms with Crippen LogP contribution in [0.3, 0.4) is 0 Å². The molecule has 0 amide bonds. The van der Waals surface area contributed by atoms with E-state index in [4.69, 9.17) is 0 Å². The molecule has 17 heavy (non-hydrogen) atoms. The summed E-state index contributed by atoms with van der Waals surface area (Å²) in [6.07, 6.45) is 4.54. The van der Waals surface area contributed by atoms with Crippen LogP contribution < -0.4 is 0 Å². The van der Waals surface area contributed by atoms with E-state index in [-0.39, 0.29) is 0 Å². The number of hydrogen-bond donors (Lipinski definition) is 0. The van der Waals surface area contributed by atoms with Crippen molar-refractivity contribution in [3.05, 3.63) is 60.4 Å². The van der Waals surface area contributed by atoms with E-state index >= 15 is 0 Å². The van der Waals surface area contributed by atoms with Gasteiger partial charge in [-0.3, -0.25) is 0 Å². The zero-order valence-corrected chi connectivity index (χ0v) is 10.2. The van der Waals surface area contributed by atoms with Crippen molar-refractivity contribution in [3.63, 3.8) is 0 Å². The largest absolute Gasteiger partial charge is 0.355 e. The minimum atomic E-state index is 0.307. The molecular formula is C15H16N2. The quantitative estimate of drug-likeness (QED) is 0.734. The van der Waals surface area contributed by atoms with Gasteiger partial charge in [0.1, 0.15) is 6.17 Å². The van der Waals surface area contributed by atoms with Gasteiger partial charge in [-0.05, 0) is 10.8 Å². The first-order valence-electron chi connectivity index (χ1n) is 5.87. The Hall–Kier alpha value is -1.96. The number of fused-ring (bicyclic) bond motifs is 1. The zero-order valence-electron chi connectivity index (χ0n) is 10.2. The topological polar surface area (TPSA) is 6.48 Å². The van der Waals surface area contributed by atoms with E-state index in [0.717, 1.165) is 0 Å². The highest BCUT2D eigenvalue weighted by molar-refractivity contribution is 5.86. The molecule has 1 heterocycles. The molecule has 0 aromatic heterocycles. The van der Waals surface area contributed by atoms with Crippen molar-refractivity contribution in [2.75, 3.05) is 14.1 Å². The van der Waals surface area contributed by atoms with E-state index in [1.165, 1.54) is 16.3 Å². The Balaban J connectivity index is 2.18. The van der Waals surface area contributed by atoms with Gasteiger partial charge in [-0.2, -0.15) is 0 Å². The van der Waals surface area contributed by atoms with Crippen LogP contribution in [0, 0.1) is 0 Å². The molecule has 2 heteroatoms. The number of nitrogens with zero attached hydrogens (tertiary/aromatic N) is 2. The maximum Gasteiger partial charge on any atom is 0.127 e. The molecule has 0 saturated carbocycles. The molecule has 0 N–H and O–H groups in total. The van der Waals surface area contributed by atoms with Crippen LogP contribution in [-0.2, 0) is 0 Å². The highest BCUT2D eigenvalue weighted by Gasteiger charge is 2.23. The molecule has 1 aliphatic rings. The van der Waals surface area contributed by atoms with Crippen molar-refractivity contribution in [1.29, 1.82) is 0 Å². The molecule has 0 radical (unpaired) electrons. The molecule has 0 bridgehead atoms. The fraction of sp³-hybridized carbons (Fsp3) is 0.200. The Bertz CT molecular complexity index is 557. The summed E-state index contributed by atoms with van der Waals surface area (Å²) in [5.41, 5.74) is 1.36. The van der Waals surface area contributed by atoms with E-state index in [2.05, 4.69) is 78.8 Å². The van der Waals surface area contributed by atoms with Crippen molar-refractivity contribution in [2.24, 2.45) is 0 Å². The van der Waals surface area contributed by atoms with Crippen LogP contribution in [0.5, 0.6) is 0 Å². The predicted octanol–water partition coefficient (Wildman–Crippen LogP) is 3.19. The molecule has 1 aliphatic heterocycles. The van der Waals surface area contributed by atoms with E-state index in [1.54, 1.807) is 0 Å². The normalized spacial score (nSPS) is 16.1. The lowest BCUT2D eigenvalue weighted by Gasteiger charge is -2.28. The highest BCUT2D eigenvalue weighted by Crippen LogP contribution is 2.32. The molecular weight excluding hydrogens is 208 g/mol. The Morgan fingerprint density at radius 3 is 2.24 bits per heavy atom. The lowest BCUT2D eigenvalue weighted by Crippen LogP contribution is -2.25. The van der Waals surface area contributed by atoms with Crippen molar-refractivity contribution >= 4 is 10.8 Å². The van der Waals surface area contributed by atoms with E-state index < -0.39 is 0 Å². The summed E-state index contributed by atoms with van der Waals surface area (Å²) in [7, 11) is 4.24. The summed E-state index contributed by atoms with van der Waals surface area (Å²) >= 11 is 0. The predicted molar refractivity (Wildman–Crippen MR) is 71.4 cm³/mol. The number of rotatable bonds is 1. The monoisotopic (exact) mass is 224 g/mol. The summed E-state index contributed by atoms with van der Waals surface area (Å²) < 4.78 is 0. The number of benzene rings is 2. The van der Waals surface area contributed by atoms with Crippen LogP contribution in [-0.4, -0.2) is 23.9 Å². The van der Waals surface area contributed by atoms with E-state index in [0.29, 0.717) is 6.17 Å². The van der Waals surface area contributed by atoms with Gasteiger partial charge >= 0.3 is 0 Å². The Kier molecular flexibility index (Phi) is 2.29. The Morgan fingerprint density at radius 1 is 0.824 bits per heavy atom. The van der Waals surface area contributed by atoms with Crippen LogP contribution in [0.4, 0.5) is 0 Å². The van der Waals surface area contributed by atoms with Gasteiger partial charge in [-0.1, -0.05) is 42.5 Å². The molecule has 0 spiro atoms. The van der Waals surface area contributed by atoms with E-state index in [9.17, 15) is 0 Å². The molecule has 2 aromatic carbocycles. The maximum absolute atomic E-state index is 2.24. The summed E-state index contributed by atoms with van der Waals surface area (Å²) in [5.74, 6) is 0. The van der Waals surface area contributed by atoms with Crippen molar-refractivity contribution in [2.45, 2.75) is 6.17 Å². The van der Waals surface area contributed by atoms with Crippen LogP contribution in [0.25, 0.3) is 10.8 Å². The van der Waals surface area contributed by atoms with Gasteiger partial charge in [-0.25, -0.2) is 0 Å². The average molecular weight is 224 g/mol. The van der Waals surface area contributed by atoms with Gasteiger partial charge in [0.05, 0.1) is 0 Å². The Labute approximate surface area is 102 Å². The minimum absolute atomic E-state index is 0.307. The van der Waals surface area contributed by atoms with Crippen LogP contribution >= 0.6 is 0 Å². The molecule has 0 saturated heterocycles. The van der Waals surface area contributed by atoms with E-state index in [1.807, 2.05) is 0 Å². The fourth-order valence-corrected chi connectivity index (χ4v) is 2.58. The lowest BCUT2D eigenvalue weighted by atomic mass is 10.0. The van der Waals surface area contributed by atoms with Crippen molar-refractivity contribution in [1.82, 2.24) is 9.80 Å². The second-order valence-corrected chi connectivity index (χ2v) is 4.57. The van der Waals surface area contributed by atoms with Crippen molar-refractivity contribution in [3.8, 4) is 0 Å². The fourth-order valence-electron chi connectivity index (χ4n) is 2.58. The minimum Gasteiger partial charge on any atom is -0.355 e. The molecule has 0 aliphatic carbocycles. The van der Waals surface area contributed by atoms with Gasteiger partial charge < -0.3 is 9.80 Å². The van der Waals surface area contributed by atoms with Gasteiger partial charge in [0.2, 0.25) is 0 Å². The molecule has 3 rings (SSSR count). The van der Waals surface area contributed by atoms with Crippen molar-refractivity contribution < 1.29 is 0 Å². The summed E-state index contributed by atoms with van der Waals surface area (Å²) in [5, 5.41) is 2.64. The third-order valence-electron chi connectivity index (χ3n) is 3.41. The molecule has 0 unspecified atom stereocenters. The molecule has 2 aromatic rings. The zero-order chi connectivity index (χ0) is 11.8. The third kappa shape index (κ3) is 1.57. The second kappa shape index (κ2) is 3.81. The van der Waals surface area contributed by atoms with Crippen LogP contribution in [0.2, 0.25) is 0 Å². The summed E-state index contributed by atoms with van der Waals surface area (Å²) in [6.45, 7) is 0. The summed E-state index contributed by atoms with van der Waals surface area (Å²) in [4.78, 5) is 4.48. The van der Waals surface area contributed by atoms with Gasteiger partial charge in [0.25, 0.3) is 0 Å². The summed E-state index contributed by atoms with van der Waals surface area (Å²) in [6, 6.07) is 15.1. The average Bonchev–Trinajstić information content (AvgIpc) is 2.69. The Morgan fingerprint density at radius 2 is 1.47 bits per heavy atom. The van der Waals surface area contributed by atoms with Gasteiger partial charge in [0.15, 0.2) is 0 Å². The molecule has 86 valence electrons. The third-order valence-corrected chi connectivity index (χ3v) is 3.41. The standard InChI is InChI=1S/C15H16N2/c1-16-10-11-17(2)15(16)14-9-5-7-12-6-3-4-8-13(12)14/h3-11,15H,1-2H3. The van der Waals surface area contributed by atoms with Gasteiger partial charge in [-0.15, -0.1) is 0 Å². The lowest BCUT2D eigenvalue weighted by molar-refractivity contribution is 0.211. The first kappa shape index (κ1) is 10.2. The SMILES string of the molecule is CN1C=CN(C)C1c1cccc2ccccc12. The van der Waals surface area contributed by atoms with Crippen LogP contribution in [0.15, 0.2) is 54.9 Å². The molecule has 0 atom stereocenters. The maximum atomic E-state index is 2.24. The van der Waals surface area contributed by atoms with Crippen LogP contribution in [0.1, 0.15) is 11.7 Å². The smallest absolute Gasteiger partial charge is 0.127 e. The molecule has 0 fully saturated rings. The first-order chi connectivity index (χ1) is 8.27. The van der Waals surface area contributed by atoms with Gasteiger partial charge in [0, 0.05) is 32.1 Å². The second-order valence-electron chi connectivity index (χ2n) is 4.57.